The Morgan fingerprint density at radius 1 is 0.968 bits per heavy atom. The van der Waals surface area contributed by atoms with Crippen molar-refractivity contribution in [2.75, 3.05) is 34.5 Å². The number of carbonyl (C=O) groups excluding carboxylic acids is 2. The molecule has 2 aliphatic carbocycles. The minimum Gasteiger partial charge on any atom is -0.497 e. The molecule has 1 aliphatic heterocycles. The molecule has 0 N–H and O–H groups in total. The molecule has 0 saturated carbocycles. The van der Waals surface area contributed by atoms with E-state index in [-0.39, 0.29) is 49.1 Å². The number of Topliss-reactive ketones (excluding diaryl/α,β-unsaturated/α-hetero) is 1. The van der Waals surface area contributed by atoms with Gasteiger partial charge >= 0.3 is 12.2 Å². The maximum absolute atomic E-state index is 14.6. The van der Waals surface area contributed by atoms with Crippen LogP contribution in [0, 0.1) is 28.6 Å². The second-order valence-corrected chi connectivity index (χ2v) is 23.3. The predicted octanol–water partition coefficient (Wildman–Crippen LogP) is 11.3. The van der Waals surface area contributed by atoms with Crippen molar-refractivity contribution >= 4 is 26.3 Å². The maximum Gasteiger partial charge on any atom is 0.324 e. The highest BCUT2D eigenvalue weighted by Gasteiger charge is 2.58. The van der Waals surface area contributed by atoms with Crippen molar-refractivity contribution in [3.05, 3.63) is 83.0 Å². The Labute approximate surface area is 379 Å². The molecule has 0 spiro atoms. The summed E-state index contributed by atoms with van der Waals surface area (Å²) in [4.78, 5) is 31.4. The SMILES string of the molecule is C/C=C/CCCCC[C@@H]1C=C2[C@@H]3OC(c4ccc(OC)cc4)OC[C@]2(C(=O)C=[N+]=[N-])CC=C(COC(=O)C(C)(C)C)[C@@H]3[C@H]1C[C@@H](O[Si](CC)(CC)CC)C(CC/C=C/C)(OC)OC. The van der Waals surface area contributed by atoms with Crippen LogP contribution >= 0.6 is 0 Å². The number of unbranched alkanes of at least 4 members (excludes halogenated alkanes) is 3. The van der Waals surface area contributed by atoms with Crippen molar-refractivity contribution in [3.63, 3.8) is 0 Å². The van der Waals surface area contributed by atoms with E-state index in [9.17, 15) is 15.1 Å². The summed E-state index contributed by atoms with van der Waals surface area (Å²) < 4.78 is 46.3. The van der Waals surface area contributed by atoms with Gasteiger partial charge < -0.3 is 38.4 Å². The first kappa shape index (κ1) is 52.1. The molecule has 1 unspecified atom stereocenters. The molecule has 3 aliphatic rings. The van der Waals surface area contributed by atoms with E-state index in [4.69, 9.17) is 32.8 Å². The lowest BCUT2D eigenvalue weighted by atomic mass is 9.61. The topological polar surface area (TPSA) is 135 Å². The van der Waals surface area contributed by atoms with Crippen LogP contribution < -0.4 is 4.74 Å². The Balaban J connectivity index is 2.04. The van der Waals surface area contributed by atoms with Crippen LogP contribution in [0.4, 0.5) is 0 Å². The second kappa shape index (κ2) is 24.2. The number of carbonyl (C=O) groups is 2. The molecule has 4 rings (SSSR count). The molecule has 0 aromatic heterocycles. The molecule has 11 nitrogen and oxygen atoms in total. The summed E-state index contributed by atoms with van der Waals surface area (Å²) in [5, 5.41) is 0. The van der Waals surface area contributed by atoms with E-state index in [0.717, 1.165) is 79.6 Å². The summed E-state index contributed by atoms with van der Waals surface area (Å²) in [7, 11) is 2.78. The standard InChI is InChI=1S/C51H78N2O9Si/c1-12-17-19-20-21-22-24-38-32-42-46-45(41(38)33-44(62-63(14-3,15-4)16-5)51(57-10,58-11)30-23-18-13-2)39(35-59-48(55)49(6,7)8)29-31-50(42,43(54)34-53-52)36-60-47(61-46)37-25-27-40(56-9)28-26-37/h12-13,17-18,25-29,32,34,38,41,44-47H,14-16,19-24,30-31,33,35-36H2,1-11H3/b17-12+,18-13+/t38-,41+,44-,45-,46+,47?,50-/m1/s1. The summed E-state index contributed by atoms with van der Waals surface area (Å²) in [6.07, 6.45) is 18.9. The Morgan fingerprint density at radius 2 is 1.63 bits per heavy atom. The predicted molar refractivity (Wildman–Crippen MR) is 251 cm³/mol. The number of hydrogen-bond donors (Lipinski definition) is 0. The lowest BCUT2D eigenvalue weighted by Gasteiger charge is -2.49. The van der Waals surface area contributed by atoms with Gasteiger partial charge in [0.05, 0.1) is 36.8 Å². The summed E-state index contributed by atoms with van der Waals surface area (Å²) in [5.74, 6) is -1.62. The smallest absolute Gasteiger partial charge is 0.324 e. The van der Waals surface area contributed by atoms with E-state index in [1.54, 1.807) is 21.3 Å². The number of allylic oxidation sites excluding steroid dienone is 6. The highest BCUT2D eigenvalue weighted by Crippen LogP contribution is 2.56. The van der Waals surface area contributed by atoms with Crippen LogP contribution in [0.5, 0.6) is 5.75 Å². The zero-order chi connectivity index (χ0) is 46.3. The molecule has 1 heterocycles. The molecule has 0 amide bonds. The number of nitrogens with zero attached hydrogens (tertiary/aromatic N) is 2. The summed E-state index contributed by atoms with van der Waals surface area (Å²) in [6.45, 7) is 16.4. The fraction of sp³-hybridized carbons (Fsp3) is 0.667. The van der Waals surface area contributed by atoms with E-state index >= 15 is 0 Å². The Morgan fingerprint density at radius 3 is 2.22 bits per heavy atom. The molecule has 1 fully saturated rings. The third kappa shape index (κ3) is 12.5. The number of hydrogen-bond acceptors (Lipinski definition) is 9. The van der Waals surface area contributed by atoms with Gasteiger partial charge in [-0.05, 0) is 126 Å². The van der Waals surface area contributed by atoms with Crippen LogP contribution in [0.1, 0.15) is 125 Å². The van der Waals surface area contributed by atoms with Crippen LogP contribution in [0.25, 0.3) is 5.53 Å². The number of rotatable bonds is 25. The zero-order valence-electron chi connectivity index (χ0n) is 40.3. The Kier molecular flexibility index (Phi) is 20.0. The summed E-state index contributed by atoms with van der Waals surface area (Å²) in [5.41, 5.74) is 10.3. The lowest BCUT2D eigenvalue weighted by molar-refractivity contribution is -0.263. The largest absolute Gasteiger partial charge is 0.497 e. The quantitative estimate of drug-likeness (QED) is 0.0137. The minimum absolute atomic E-state index is 0.0132. The van der Waals surface area contributed by atoms with Crippen molar-refractivity contribution in [2.45, 2.75) is 156 Å². The molecular formula is C51H78N2O9Si. The Hall–Kier alpha value is -3.48. The Bertz CT molecular complexity index is 1790. The van der Waals surface area contributed by atoms with Crippen molar-refractivity contribution in [1.29, 1.82) is 0 Å². The van der Waals surface area contributed by atoms with Gasteiger partial charge in [0.1, 0.15) is 12.4 Å². The van der Waals surface area contributed by atoms with E-state index in [1.165, 1.54) is 0 Å². The maximum atomic E-state index is 14.6. The third-order valence-corrected chi connectivity index (χ3v) is 18.7. The molecule has 1 aromatic carbocycles. The van der Waals surface area contributed by atoms with Crippen LogP contribution in [0.2, 0.25) is 18.1 Å². The molecule has 63 heavy (non-hydrogen) atoms. The molecule has 1 aromatic rings. The van der Waals surface area contributed by atoms with Crippen LogP contribution in [-0.4, -0.2) is 83.6 Å². The van der Waals surface area contributed by atoms with Gasteiger partial charge in [0.15, 0.2) is 20.4 Å². The van der Waals surface area contributed by atoms with Gasteiger partial charge in [-0.15, -0.1) is 0 Å². The zero-order valence-corrected chi connectivity index (χ0v) is 41.3. The fourth-order valence-electron chi connectivity index (χ4n) is 9.86. The van der Waals surface area contributed by atoms with Crippen molar-refractivity contribution < 1.29 is 47.2 Å². The van der Waals surface area contributed by atoms with Gasteiger partial charge in [-0.2, -0.15) is 4.79 Å². The lowest BCUT2D eigenvalue weighted by Crippen LogP contribution is -2.55. The van der Waals surface area contributed by atoms with E-state index < -0.39 is 43.4 Å². The van der Waals surface area contributed by atoms with Gasteiger partial charge in [-0.3, -0.25) is 9.59 Å². The summed E-state index contributed by atoms with van der Waals surface area (Å²) >= 11 is 0. The van der Waals surface area contributed by atoms with E-state index in [0.29, 0.717) is 18.6 Å². The number of esters is 1. The van der Waals surface area contributed by atoms with Gasteiger partial charge in [0, 0.05) is 32.1 Å². The van der Waals surface area contributed by atoms with Gasteiger partial charge in [-0.1, -0.05) is 82.2 Å². The second-order valence-electron chi connectivity index (χ2n) is 18.6. The molecule has 7 atom stereocenters. The minimum atomic E-state index is -2.29. The van der Waals surface area contributed by atoms with Crippen LogP contribution in [0.15, 0.2) is 71.9 Å². The van der Waals surface area contributed by atoms with Crippen molar-refractivity contribution in [1.82, 2.24) is 0 Å². The normalized spacial score (nSPS) is 24.5. The summed E-state index contributed by atoms with van der Waals surface area (Å²) in [6, 6.07) is 10.4. The molecule has 12 heteroatoms. The van der Waals surface area contributed by atoms with E-state index in [1.807, 2.05) is 52.0 Å². The number of benzene rings is 1. The number of ether oxygens (including phenoxy) is 6. The molecule has 1 saturated heterocycles. The molecule has 0 radical (unpaired) electrons. The van der Waals surface area contributed by atoms with Crippen molar-refractivity contribution in [2.24, 2.45) is 28.6 Å². The first-order valence-corrected chi connectivity index (χ1v) is 26.0. The van der Waals surface area contributed by atoms with E-state index in [2.05, 4.69) is 68.9 Å². The number of methoxy groups -OCH3 is 3. The molecular weight excluding hydrogens is 813 g/mol. The number of ketones is 1. The van der Waals surface area contributed by atoms with Gasteiger partial charge in [-0.25, -0.2) is 0 Å². The first-order valence-electron chi connectivity index (χ1n) is 23.4. The van der Waals surface area contributed by atoms with Gasteiger partial charge in [0.2, 0.25) is 5.78 Å². The highest BCUT2D eigenvalue weighted by molar-refractivity contribution is 6.73. The first-order chi connectivity index (χ1) is 30.2. The van der Waals surface area contributed by atoms with Crippen LogP contribution in [-0.2, 0) is 37.7 Å². The average molecular weight is 891 g/mol. The molecule has 350 valence electrons. The van der Waals surface area contributed by atoms with Crippen LogP contribution in [0.3, 0.4) is 0 Å². The van der Waals surface area contributed by atoms with Gasteiger partial charge in [0.25, 0.3) is 0 Å². The molecule has 4 bridgehead atoms. The fourth-order valence-corrected chi connectivity index (χ4v) is 12.7. The van der Waals surface area contributed by atoms with Crippen molar-refractivity contribution in [3.8, 4) is 5.75 Å². The third-order valence-electron chi connectivity index (χ3n) is 14.0. The highest BCUT2D eigenvalue weighted by atomic mass is 28.4. The monoisotopic (exact) mass is 891 g/mol. The average Bonchev–Trinajstić information content (AvgIpc) is 3.50.